The zero-order valence-electron chi connectivity index (χ0n) is 22.3. The number of benzene rings is 3. The third-order valence-corrected chi connectivity index (χ3v) is 6.35. The van der Waals surface area contributed by atoms with Gasteiger partial charge in [0.05, 0.1) is 17.1 Å². The van der Waals surface area contributed by atoms with E-state index in [-0.39, 0.29) is 5.91 Å². The summed E-state index contributed by atoms with van der Waals surface area (Å²) in [5.41, 5.74) is 4.70. The summed E-state index contributed by atoms with van der Waals surface area (Å²) in [5, 5.41) is 5.88. The maximum Gasteiger partial charge on any atom is 0.408 e. The molecule has 7 nitrogen and oxygen atoms in total. The summed E-state index contributed by atoms with van der Waals surface area (Å²) in [7, 11) is 0. The van der Waals surface area contributed by atoms with Crippen LogP contribution in [0.1, 0.15) is 49.3 Å². The Hall–Kier alpha value is -4.65. The SMILES string of the molecule is CC(C)(C)OC(=O)N[C@@H](Cc1ccccc1)C(=O)N[C@@H]1N=C(c2ccccc2)c2ccccc2-n2cccc21. The number of aromatic nitrogens is 1. The fraction of sp³-hybridized carbons (Fsp3) is 0.219. The summed E-state index contributed by atoms with van der Waals surface area (Å²) < 4.78 is 7.51. The molecule has 1 aromatic heterocycles. The number of carbonyl (C=O) groups excluding carboxylic acids is 2. The van der Waals surface area contributed by atoms with E-state index in [1.807, 2.05) is 108 Å². The Kier molecular flexibility index (Phi) is 7.32. The number of nitrogens with one attached hydrogen (secondary N) is 2. The van der Waals surface area contributed by atoms with Gasteiger partial charge in [0, 0.05) is 23.7 Å². The van der Waals surface area contributed by atoms with Crippen LogP contribution < -0.4 is 10.6 Å². The van der Waals surface area contributed by atoms with E-state index in [1.54, 1.807) is 20.8 Å². The summed E-state index contributed by atoms with van der Waals surface area (Å²) in [6, 6.07) is 30.6. The number of hydrogen-bond donors (Lipinski definition) is 2. The second-order valence-electron chi connectivity index (χ2n) is 10.5. The topological polar surface area (TPSA) is 84.7 Å². The zero-order chi connectivity index (χ0) is 27.4. The van der Waals surface area contributed by atoms with Crippen LogP contribution >= 0.6 is 0 Å². The van der Waals surface area contributed by atoms with Crippen molar-refractivity contribution in [1.82, 2.24) is 15.2 Å². The first kappa shape index (κ1) is 26.0. The van der Waals surface area contributed by atoms with Crippen LogP contribution in [0.15, 0.2) is 108 Å². The number of para-hydroxylation sites is 1. The highest BCUT2D eigenvalue weighted by molar-refractivity contribution is 6.15. The van der Waals surface area contributed by atoms with Gasteiger partial charge in [0.2, 0.25) is 5.91 Å². The van der Waals surface area contributed by atoms with Gasteiger partial charge in [-0.3, -0.25) is 9.79 Å². The van der Waals surface area contributed by atoms with E-state index >= 15 is 0 Å². The number of amides is 2. The molecule has 1 aliphatic heterocycles. The standard InChI is InChI=1S/C32H32N4O3/c1-32(2,3)39-31(38)33-25(21-22-13-6-4-7-14-22)30(37)35-29-27-19-12-20-36(27)26-18-11-10-17-24(26)28(34-29)23-15-8-5-9-16-23/h4-20,25,29H,21H2,1-3H3,(H,33,38)(H,35,37)/t25-,29-/m0/s1. The third kappa shape index (κ3) is 6.09. The minimum atomic E-state index is -0.869. The van der Waals surface area contributed by atoms with Gasteiger partial charge in [0.25, 0.3) is 0 Å². The maximum absolute atomic E-state index is 13.8. The van der Waals surface area contributed by atoms with Crippen molar-refractivity contribution in [2.24, 2.45) is 4.99 Å². The lowest BCUT2D eigenvalue weighted by atomic mass is 10.0. The number of nitrogens with zero attached hydrogens (tertiary/aromatic N) is 2. The van der Waals surface area contributed by atoms with Crippen LogP contribution in [0, 0.1) is 0 Å². The van der Waals surface area contributed by atoms with Crippen LogP contribution in [0.2, 0.25) is 0 Å². The highest BCUT2D eigenvalue weighted by Gasteiger charge is 2.30. The second kappa shape index (κ2) is 11.0. The van der Waals surface area contributed by atoms with Crippen molar-refractivity contribution in [3.05, 3.63) is 126 Å². The van der Waals surface area contributed by atoms with E-state index in [9.17, 15) is 9.59 Å². The van der Waals surface area contributed by atoms with E-state index in [0.717, 1.165) is 33.8 Å². The Balaban J connectivity index is 1.50. The van der Waals surface area contributed by atoms with E-state index in [2.05, 4.69) is 10.6 Å². The Labute approximate surface area is 228 Å². The van der Waals surface area contributed by atoms with Crippen LogP contribution in [0.3, 0.4) is 0 Å². The molecule has 198 valence electrons. The van der Waals surface area contributed by atoms with Gasteiger partial charge >= 0.3 is 6.09 Å². The molecule has 3 aromatic carbocycles. The average Bonchev–Trinajstić information content (AvgIpc) is 3.36. The van der Waals surface area contributed by atoms with E-state index < -0.39 is 23.9 Å². The quantitative estimate of drug-likeness (QED) is 0.348. The lowest BCUT2D eigenvalue weighted by Crippen LogP contribution is -2.50. The van der Waals surface area contributed by atoms with Crippen LogP contribution in [0.4, 0.5) is 4.79 Å². The van der Waals surface area contributed by atoms with E-state index in [4.69, 9.17) is 9.73 Å². The third-order valence-electron chi connectivity index (χ3n) is 6.35. The molecule has 0 aliphatic carbocycles. The minimum Gasteiger partial charge on any atom is -0.444 e. The number of hydrogen-bond acceptors (Lipinski definition) is 4. The number of carbonyl (C=O) groups is 2. The van der Waals surface area contributed by atoms with Crippen molar-refractivity contribution in [2.45, 2.75) is 45.0 Å². The van der Waals surface area contributed by atoms with E-state index in [1.165, 1.54) is 0 Å². The molecule has 0 spiro atoms. The molecule has 1 aliphatic rings. The molecule has 39 heavy (non-hydrogen) atoms. The number of alkyl carbamates (subject to hydrolysis) is 1. The Morgan fingerprint density at radius 3 is 2.28 bits per heavy atom. The minimum absolute atomic E-state index is 0.301. The predicted molar refractivity (Wildman–Crippen MR) is 152 cm³/mol. The molecule has 7 heteroatoms. The average molecular weight is 521 g/mol. The predicted octanol–water partition coefficient (Wildman–Crippen LogP) is 5.58. The highest BCUT2D eigenvalue weighted by Crippen LogP contribution is 2.30. The molecule has 4 aromatic rings. The van der Waals surface area contributed by atoms with Gasteiger partial charge in [0.15, 0.2) is 6.17 Å². The molecule has 2 amide bonds. The second-order valence-corrected chi connectivity index (χ2v) is 10.5. The monoisotopic (exact) mass is 520 g/mol. The van der Waals surface area contributed by atoms with Crippen molar-refractivity contribution in [1.29, 1.82) is 0 Å². The molecule has 0 unspecified atom stereocenters. The normalized spacial score (nSPS) is 15.2. The van der Waals surface area contributed by atoms with Crippen LogP contribution in [0.5, 0.6) is 0 Å². The highest BCUT2D eigenvalue weighted by atomic mass is 16.6. The summed E-state index contributed by atoms with van der Waals surface area (Å²) >= 11 is 0. The molecule has 2 atom stereocenters. The number of rotatable bonds is 6. The molecule has 2 heterocycles. The lowest BCUT2D eigenvalue weighted by Gasteiger charge is -2.25. The largest absolute Gasteiger partial charge is 0.444 e. The lowest BCUT2D eigenvalue weighted by molar-refractivity contribution is -0.123. The number of aliphatic imine (C=N–C) groups is 1. The van der Waals surface area contributed by atoms with Crippen LogP contribution in [-0.4, -0.2) is 33.9 Å². The summed E-state index contributed by atoms with van der Waals surface area (Å²) in [5.74, 6) is -0.357. The molecule has 2 N–H and O–H groups in total. The van der Waals surface area contributed by atoms with Crippen molar-refractivity contribution in [2.75, 3.05) is 0 Å². The Morgan fingerprint density at radius 1 is 0.897 bits per heavy atom. The molecular weight excluding hydrogens is 488 g/mol. The van der Waals surface area contributed by atoms with Gasteiger partial charge in [-0.1, -0.05) is 78.9 Å². The van der Waals surface area contributed by atoms with Gasteiger partial charge in [-0.2, -0.15) is 0 Å². The van der Waals surface area contributed by atoms with Gasteiger partial charge in [-0.05, 0) is 44.5 Å². The smallest absolute Gasteiger partial charge is 0.408 e. The van der Waals surface area contributed by atoms with Gasteiger partial charge in [0.1, 0.15) is 11.6 Å². The van der Waals surface area contributed by atoms with Crippen molar-refractivity contribution in [3.8, 4) is 5.69 Å². The Bertz CT molecular complexity index is 1490. The number of ether oxygens (including phenoxy) is 1. The zero-order valence-corrected chi connectivity index (χ0v) is 22.3. The molecule has 0 fully saturated rings. The molecule has 0 saturated heterocycles. The first-order valence-corrected chi connectivity index (χ1v) is 13.0. The van der Waals surface area contributed by atoms with Crippen molar-refractivity contribution >= 4 is 17.7 Å². The van der Waals surface area contributed by atoms with Gasteiger partial charge < -0.3 is 19.9 Å². The molecule has 5 rings (SSSR count). The maximum atomic E-state index is 13.8. The van der Waals surface area contributed by atoms with Crippen molar-refractivity contribution < 1.29 is 14.3 Å². The molecule has 0 bridgehead atoms. The van der Waals surface area contributed by atoms with Gasteiger partial charge in [-0.15, -0.1) is 0 Å². The van der Waals surface area contributed by atoms with Gasteiger partial charge in [-0.25, -0.2) is 4.79 Å². The van der Waals surface area contributed by atoms with Crippen LogP contribution in [0.25, 0.3) is 5.69 Å². The fourth-order valence-corrected chi connectivity index (χ4v) is 4.66. The summed E-state index contributed by atoms with van der Waals surface area (Å²) in [6.45, 7) is 5.36. The Morgan fingerprint density at radius 2 is 1.56 bits per heavy atom. The summed E-state index contributed by atoms with van der Waals surface area (Å²) in [4.78, 5) is 31.6. The fourth-order valence-electron chi connectivity index (χ4n) is 4.66. The first-order valence-electron chi connectivity index (χ1n) is 13.0. The number of fused-ring (bicyclic) bond motifs is 3. The van der Waals surface area contributed by atoms with Crippen LogP contribution in [-0.2, 0) is 16.0 Å². The molecule has 0 saturated carbocycles. The molecule has 0 radical (unpaired) electrons. The van der Waals surface area contributed by atoms with Crippen molar-refractivity contribution in [3.63, 3.8) is 0 Å². The van der Waals surface area contributed by atoms with E-state index in [0.29, 0.717) is 6.42 Å². The molecular formula is C32H32N4O3. The first-order chi connectivity index (χ1) is 18.8. The summed E-state index contributed by atoms with van der Waals surface area (Å²) in [6.07, 6.45) is 0.935.